The van der Waals surface area contributed by atoms with Gasteiger partial charge >= 0.3 is 0 Å². The standard InChI is InChI=1S/C15H15BrN4/c1-20(2)14-7-6-12-15(19-14)18-13(17-12)9-10-4-3-5-11(16)8-10/h3-8H,9H2,1-2H3,(H,17,18,19). The van der Waals surface area contributed by atoms with Gasteiger partial charge in [-0.25, -0.2) is 9.97 Å². The maximum Gasteiger partial charge on any atom is 0.179 e. The number of hydrogen-bond donors (Lipinski definition) is 1. The Kier molecular flexibility index (Phi) is 3.44. The monoisotopic (exact) mass is 330 g/mol. The molecule has 0 radical (unpaired) electrons. The van der Waals surface area contributed by atoms with Gasteiger partial charge < -0.3 is 9.88 Å². The van der Waals surface area contributed by atoms with Crippen molar-refractivity contribution in [3.05, 3.63) is 52.3 Å². The van der Waals surface area contributed by atoms with Crippen molar-refractivity contribution < 1.29 is 0 Å². The summed E-state index contributed by atoms with van der Waals surface area (Å²) >= 11 is 3.49. The van der Waals surface area contributed by atoms with Gasteiger partial charge in [-0.2, -0.15) is 0 Å². The third-order valence-corrected chi connectivity index (χ3v) is 3.59. The van der Waals surface area contributed by atoms with E-state index in [-0.39, 0.29) is 0 Å². The lowest BCUT2D eigenvalue weighted by Gasteiger charge is -2.09. The molecule has 0 unspecified atom stereocenters. The number of benzene rings is 1. The van der Waals surface area contributed by atoms with Crippen LogP contribution in [0.15, 0.2) is 40.9 Å². The molecule has 2 aromatic heterocycles. The number of aromatic nitrogens is 3. The fourth-order valence-electron chi connectivity index (χ4n) is 2.11. The Hall–Kier alpha value is -1.88. The molecule has 1 N–H and O–H groups in total. The van der Waals surface area contributed by atoms with E-state index >= 15 is 0 Å². The number of pyridine rings is 1. The van der Waals surface area contributed by atoms with Crippen molar-refractivity contribution in [3.8, 4) is 0 Å². The number of halogens is 1. The van der Waals surface area contributed by atoms with Crippen molar-refractivity contribution in [2.75, 3.05) is 19.0 Å². The Labute approximate surface area is 126 Å². The van der Waals surface area contributed by atoms with Crippen LogP contribution in [0.1, 0.15) is 11.4 Å². The normalized spacial score (nSPS) is 10.9. The summed E-state index contributed by atoms with van der Waals surface area (Å²) in [6.07, 6.45) is 0.771. The van der Waals surface area contributed by atoms with E-state index < -0.39 is 0 Å². The number of nitrogens with one attached hydrogen (secondary N) is 1. The Morgan fingerprint density at radius 3 is 2.75 bits per heavy atom. The first-order valence-corrected chi connectivity index (χ1v) is 7.18. The summed E-state index contributed by atoms with van der Waals surface area (Å²) < 4.78 is 1.08. The van der Waals surface area contributed by atoms with E-state index in [1.807, 2.05) is 43.3 Å². The molecule has 0 fully saturated rings. The maximum absolute atomic E-state index is 4.57. The highest BCUT2D eigenvalue weighted by Crippen LogP contribution is 2.18. The average molecular weight is 331 g/mol. The van der Waals surface area contributed by atoms with Crippen LogP contribution in [-0.4, -0.2) is 29.0 Å². The highest BCUT2D eigenvalue weighted by Gasteiger charge is 2.07. The van der Waals surface area contributed by atoms with Gasteiger partial charge in [-0.1, -0.05) is 28.1 Å². The molecular weight excluding hydrogens is 316 g/mol. The summed E-state index contributed by atoms with van der Waals surface area (Å²) in [6, 6.07) is 12.3. The molecule has 4 nitrogen and oxygen atoms in total. The zero-order valence-electron chi connectivity index (χ0n) is 11.4. The summed E-state index contributed by atoms with van der Waals surface area (Å²) in [5.41, 5.74) is 2.95. The number of imidazole rings is 1. The van der Waals surface area contributed by atoms with Gasteiger partial charge in [-0.3, -0.25) is 0 Å². The molecule has 0 atom stereocenters. The van der Waals surface area contributed by atoms with Crippen LogP contribution in [0.3, 0.4) is 0 Å². The van der Waals surface area contributed by atoms with Gasteiger partial charge in [0.25, 0.3) is 0 Å². The van der Waals surface area contributed by atoms with Crippen molar-refractivity contribution in [2.24, 2.45) is 0 Å². The lowest BCUT2D eigenvalue weighted by molar-refractivity contribution is 1.03. The van der Waals surface area contributed by atoms with Crippen LogP contribution in [0.4, 0.5) is 5.82 Å². The molecule has 20 heavy (non-hydrogen) atoms. The first-order valence-electron chi connectivity index (χ1n) is 6.39. The molecule has 0 aliphatic heterocycles. The number of H-pyrrole nitrogens is 1. The first-order chi connectivity index (χ1) is 9.61. The van der Waals surface area contributed by atoms with Crippen LogP contribution in [0.2, 0.25) is 0 Å². The second-order valence-corrected chi connectivity index (χ2v) is 5.84. The predicted octanol–water partition coefficient (Wildman–Crippen LogP) is 3.38. The third-order valence-electron chi connectivity index (χ3n) is 3.10. The van der Waals surface area contributed by atoms with E-state index in [1.54, 1.807) is 0 Å². The second-order valence-electron chi connectivity index (χ2n) is 4.93. The minimum absolute atomic E-state index is 0.765. The van der Waals surface area contributed by atoms with Crippen LogP contribution in [0.25, 0.3) is 11.2 Å². The topological polar surface area (TPSA) is 44.8 Å². The molecular formula is C15H15BrN4. The Bertz CT molecular complexity index is 748. The minimum atomic E-state index is 0.765. The minimum Gasteiger partial charge on any atom is -0.363 e. The second kappa shape index (κ2) is 5.25. The lowest BCUT2D eigenvalue weighted by atomic mass is 10.1. The van der Waals surface area contributed by atoms with Crippen molar-refractivity contribution >= 4 is 32.9 Å². The van der Waals surface area contributed by atoms with Crippen LogP contribution in [0.5, 0.6) is 0 Å². The van der Waals surface area contributed by atoms with Crippen LogP contribution < -0.4 is 4.90 Å². The van der Waals surface area contributed by atoms with Crippen LogP contribution in [-0.2, 0) is 6.42 Å². The number of aromatic amines is 1. The van der Waals surface area contributed by atoms with Crippen molar-refractivity contribution in [3.63, 3.8) is 0 Å². The van der Waals surface area contributed by atoms with E-state index in [4.69, 9.17) is 0 Å². The molecule has 3 rings (SSSR count). The molecule has 0 saturated heterocycles. The number of fused-ring (bicyclic) bond motifs is 1. The maximum atomic E-state index is 4.57. The lowest BCUT2D eigenvalue weighted by Crippen LogP contribution is -2.10. The summed E-state index contributed by atoms with van der Waals surface area (Å²) in [4.78, 5) is 14.4. The fourth-order valence-corrected chi connectivity index (χ4v) is 2.55. The van der Waals surface area contributed by atoms with Gasteiger partial charge in [0.1, 0.15) is 11.6 Å². The third kappa shape index (κ3) is 2.67. The molecule has 102 valence electrons. The van der Waals surface area contributed by atoms with Gasteiger partial charge in [-0.05, 0) is 29.8 Å². The number of hydrogen-bond acceptors (Lipinski definition) is 3. The summed E-state index contributed by atoms with van der Waals surface area (Å²) in [7, 11) is 3.95. The van der Waals surface area contributed by atoms with Gasteiger partial charge in [-0.15, -0.1) is 0 Å². The summed E-state index contributed by atoms with van der Waals surface area (Å²) in [5.74, 6) is 1.85. The largest absolute Gasteiger partial charge is 0.363 e. The fraction of sp³-hybridized carbons (Fsp3) is 0.200. The van der Waals surface area contributed by atoms with E-state index in [9.17, 15) is 0 Å². The molecule has 3 aromatic rings. The van der Waals surface area contributed by atoms with E-state index in [2.05, 4.69) is 43.0 Å². The SMILES string of the molecule is CN(C)c1ccc2[nH]c(Cc3cccc(Br)c3)nc2n1. The molecule has 0 bridgehead atoms. The van der Waals surface area contributed by atoms with E-state index in [0.29, 0.717) is 0 Å². The Morgan fingerprint density at radius 2 is 2.00 bits per heavy atom. The average Bonchev–Trinajstić information content (AvgIpc) is 2.79. The number of rotatable bonds is 3. The molecule has 0 aliphatic carbocycles. The molecule has 2 heterocycles. The zero-order valence-corrected chi connectivity index (χ0v) is 13.0. The molecule has 1 aromatic carbocycles. The van der Waals surface area contributed by atoms with Gasteiger partial charge in [0, 0.05) is 25.0 Å². The first kappa shape index (κ1) is 13.1. The molecule has 0 amide bonds. The molecule has 0 spiro atoms. The Morgan fingerprint density at radius 1 is 1.15 bits per heavy atom. The van der Waals surface area contributed by atoms with Gasteiger partial charge in [0.05, 0.1) is 5.52 Å². The highest BCUT2D eigenvalue weighted by molar-refractivity contribution is 9.10. The predicted molar refractivity (Wildman–Crippen MR) is 85.2 cm³/mol. The molecule has 0 saturated carbocycles. The Balaban J connectivity index is 1.93. The quantitative estimate of drug-likeness (QED) is 0.800. The molecule has 5 heteroatoms. The number of nitrogens with zero attached hydrogens (tertiary/aromatic N) is 3. The van der Waals surface area contributed by atoms with Gasteiger partial charge in [0.15, 0.2) is 5.65 Å². The van der Waals surface area contributed by atoms with Crippen LogP contribution >= 0.6 is 15.9 Å². The summed E-state index contributed by atoms with van der Waals surface area (Å²) in [5, 5.41) is 0. The van der Waals surface area contributed by atoms with E-state index in [1.165, 1.54) is 5.56 Å². The van der Waals surface area contributed by atoms with Crippen molar-refractivity contribution in [2.45, 2.75) is 6.42 Å². The number of anilines is 1. The zero-order chi connectivity index (χ0) is 14.1. The van der Waals surface area contributed by atoms with Crippen LogP contribution in [0, 0.1) is 0 Å². The van der Waals surface area contributed by atoms with Gasteiger partial charge in [0.2, 0.25) is 0 Å². The van der Waals surface area contributed by atoms with E-state index in [0.717, 1.165) is 33.7 Å². The molecule has 0 aliphatic rings. The van der Waals surface area contributed by atoms with Crippen molar-refractivity contribution in [1.82, 2.24) is 15.0 Å². The van der Waals surface area contributed by atoms with Crippen molar-refractivity contribution in [1.29, 1.82) is 0 Å². The summed E-state index contributed by atoms with van der Waals surface area (Å²) in [6.45, 7) is 0. The smallest absolute Gasteiger partial charge is 0.179 e. The highest BCUT2D eigenvalue weighted by atomic mass is 79.9.